The van der Waals surface area contributed by atoms with Crippen molar-refractivity contribution in [3.8, 4) is 0 Å². The van der Waals surface area contributed by atoms with Gasteiger partial charge in [0.25, 0.3) is 5.91 Å². The molecule has 1 amide bonds. The van der Waals surface area contributed by atoms with Gasteiger partial charge in [0.2, 0.25) is 10.0 Å². The van der Waals surface area contributed by atoms with Gasteiger partial charge in [-0.25, -0.2) is 8.42 Å². The van der Waals surface area contributed by atoms with Gasteiger partial charge in [-0.1, -0.05) is 36.7 Å². The van der Waals surface area contributed by atoms with Gasteiger partial charge >= 0.3 is 0 Å². The molecule has 2 aromatic carbocycles. The van der Waals surface area contributed by atoms with E-state index in [4.69, 9.17) is 11.6 Å². The second-order valence-corrected chi connectivity index (χ2v) is 9.76. The van der Waals surface area contributed by atoms with Gasteiger partial charge in [0.15, 0.2) is 0 Å². The first-order valence-corrected chi connectivity index (χ1v) is 11.6. The highest BCUT2D eigenvalue weighted by Crippen LogP contribution is 2.24. The Balaban J connectivity index is 1.75. The minimum Gasteiger partial charge on any atom is -0.339 e. The van der Waals surface area contributed by atoms with E-state index in [-0.39, 0.29) is 12.5 Å². The largest absolute Gasteiger partial charge is 0.339 e. The lowest BCUT2D eigenvalue weighted by molar-refractivity contribution is 0.0697. The van der Waals surface area contributed by atoms with Crippen LogP contribution in [-0.2, 0) is 16.6 Å². The van der Waals surface area contributed by atoms with Crippen LogP contribution in [0.4, 0.5) is 5.69 Å². The van der Waals surface area contributed by atoms with Crippen LogP contribution >= 0.6 is 11.6 Å². The predicted octanol–water partition coefficient (Wildman–Crippen LogP) is 4.18. The summed E-state index contributed by atoms with van der Waals surface area (Å²) in [6, 6.07) is 13.9. The van der Waals surface area contributed by atoms with E-state index in [1.54, 1.807) is 36.4 Å². The third-order valence-electron chi connectivity index (χ3n) is 5.09. The zero-order valence-electron chi connectivity index (χ0n) is 16.1. The number of carbonyl (C=O) groups is 1. The molecule has 0 radical (unpaired) electrons. The van der Waals surface area contributed by atoms with Gasteiger partial charge < -0.3 is 4.90 Å². The molecule has 0 aliphatic carbocycles. The number of amides is 1. The molecule has 0 atom stereocenters. The predicted molar refractivity (Wildman–Crippen MR) is 113 cm³/mol. The van der Waals surface area contributed by atoms with Crippen molar-refractivity contribution in [1.29, 1.82) is 0 Å². The number of rotatable bonds is 5. The molecular formula is C21H25ClN2O3S. The summed E-state index contributed by atoms with van der Waals surface area (Å²) in [7, 11) is -3.48. The Bertz CT molecular complexity index is 936. The summed E-state index contributed by atoms with van der Waals surface area (Å²) >= 11 is 6.02. The molecule has 0 spiro atoms. The number of hydrogen-bond donors (Lipinski definition) is 0. The maximum Gasteiger partial charge on any atom is 0.253 e. The van der Waals surface area contributed by atoms with Crippen molar-refractivity contribution < 1.29 is 13.2 Å². The van der Waals surface area contributed by atoms with Crippen molar-refractivity contribution in [2.75, 3.05) is 23.7 Å². The van der Waals surface area contributed by atoms with Gasteiger partial charge in [-0.05, 0) is 54.7 Å². The summed E-state index contributed by atoms with van der Waals surface area (Å²) in [4.78, 5) is 14.6. The number of halogens is 1. The molecule has 28 heavy (non-hydrogen) atoms. The number of anilines is 1. The molecule has 0 unspecified atom stereocenters. The van der Waals surface area contributed by atoms with Crippen LogP contribution in [0.15, 0.2) is 48.5 Å². The van der Waals surface area contributed by atoms with Crippen LogP contribution in [0.25, 0.3) is 0 Å². The average molecular weight is 421 g/mol. The molecule has 7 heteroatoms. The fraction of sp³-hybridized carbons (Fsp3) is 0.381. The molecule has 2 aromatic rings. The van der Waals surface area contributed by atoms with Gasteiger partial charge in [0.1, 0.15) is 0 Å². The van der Waals surface area contributed by atoms with E-state index in [1.807, 2.05) is 17.0 Å². The second kappa shape index (κ2) is 8.53. The lowest BCUT2D eigenvalue weighted by atomic mass is 9.98. The van der Waals surface area contributed by atoms with E-state index >= 15 is 0 Å². The van der Waals surface area contributed by atoms with Gasteiger partial charge in [-0.15, -0.1) is 0 Å². The van der Waals surface area contributed by atoms with E-state index in [9.17, 15) is 13.2 Å². The maximum absolute atomic E-state index is 12.7. The molecule has 1 aliphatic rings. The van der Waals surface area contributed by atoms with Crippen molar-refractivity contribution in [1.82, 2.24) is 4.90 Å². The fourth-order valence-corrected chi connectivity index (χ4v) is 4.41. The van der Waals surface area contributed by atoms with Gasteiger partial charge in [0, 0.05) is 23.7 Å². The van der Waals surface area contributed by atoms with Crippen molar-refractivity contribution in [2.45, 2.75) is 26.3 Å². The first-order chi connectivity index (χ1) is 13.2. The molecule has 1 fully saturated rings. The molecule has 1 aliphatic heterocycles. The summed E-state index contributed by atoms with van der Waals surface area (Å²) in [6.07, 6.45) is 3.24. The summed E-state index contributed by atoms with van der Waals surface area (Å²) < 4.78 is 25.9. The molecule has 0 bridgehead atoms. The molecule has 0 N–H and O–H groups in total. The van der Waals surface area contributed by atoms with Crippen LogP contribution in [0.3, 0.4) is 0 Å². The van der Waals surface area contributed by atoms with Gasteiger partial charge in [-0.2, -0.15) is 0 Å². The average Bonchev–Trinajstić information content (AvgIpc) is 2.66. The lowest BCUT2D eigenvalue weighted by Crippen LogP contribution is -2.37. The first-order valence-electron chi connectivity index (χ1n) is 9.35. The van der Waals surface area contributed by atoms with Crippen molar-refractivity contribution >= 4 is 33.2 Å². The van der Waals surface area contributed by atoms with Crippen LogP contribution in [0, 0.1) is 5.92 Å². The Hall–Kier alpha value is -2.05. The summed E-state index contributed by atoms with van der Waals surface area (Å²) in [5, 5.41) is 0.475. The SMILES string of the molecule is CC1CCN(C(=O)c2ccc(CN(c3cccc(Cl)c3)S(C)(=O)=O)cc2)CC1. The van der Waals surface area contributed by atoms with Gasteiger partial charge in [-0.3, -0.25) is 9.10 Å². The van der Waals surface area contributed by atoms with E-state index in [1.165, 1.54) is 10.6 Å². The number of carbonyl (C=O) groups excluding carboxylic acids is 1. The van der Waals surface area contributed by atoms with E-state index in [0.29, 0.717) is 22.2 Å². The third kappa shape index (κ3) is 5.06. The standard InChI is InChI=1S/C21H25ClN2O3S/c1-16-10-12-23(13-11-16)21(25)18-8-6-17(7-9-18)15-24(28(2,26)27)20-5-3-4-19(22)14-20/h3-9,14,16H,10-13,15H2,1-2H3. The Kier molecular flexibility index (Phi) is 6.30. The third-order valence-corrected chi connectivity index (χ3v) is 6.47. The Morgan fingerprint density at radius 3 is 2.36 bits per heavy atom. The Labute approximate surface area is 172 Å². The molecule has 0 saturated carbocycles. The molecule has 1 heterocycles. The highest BCUT2D eigenvalue weighted by molar-refractivity contribution is 7.92. The zero-order chi connectivity index (χ0) is 20.3. The number of nitrogens with zero attached hydrogens (tertiary/aromatic N) is 2. The molecule has 150 valence electrons. The number of piperidine rings is 1. The zero-order valence-corrected chi connectivity index (χ0v) is 17.7. The second-order valence-electron chi connectivity index (χ2n) is 7.42. The molecule has 0 aromatic heterocycles. The number of hydrogen-bond acceptors (Lipinski definition) is 3. The van der Waals surface area contributed by atoms with Crippen LogP contribution in [0.2, 0.25) is 5.02 Å². The summed E-state index contributed by atoms with van der Waals surface area (Å²) in [6.45, 7) is 3.97. The van der Waals surface area contributed by atoms with Crippen molar-refractivity contribution in [2.24, 2.45) is 5.92 Å². The molecular weight excluding hydrogens is 396 g/mol. The minimum absolute atomic E-state index is 0.0354. The lowest BCUT2D eigenvalue weighted by Gasteiger charge is -2.30. The normalized spacial score (nSPS) is 15.5. The molecule has 5 nitrogen and oxygen atoms in total. The smallest absolute Gasteiger partial charge is 0.253 e. The Morgan fingerprint density at radius 2 is 1.79 bits per heavy atom. The van der Waals surface area contributed by atoms with E-state index in [2.05, 4.69) is 6.92 Å². The summed E-state index contributed by atoms with van der Waals surface area (Å²) in [5.74, 6) is 0.702. The van der Waals surface area contributed by atoms with E-state index in [0.717, 1.165) is 31.5 Å². The highest BCUT2D eigenvalue weighted by Gasteiger charge is 2.22. The summed E-state index contributed by atoms with van der Waals surface area (Å²) in [5.41, 5.74) is 1.94. The first kappa shape index (κ1) is 20.7. The number of benzene rings is 2. The number of likely N-dealkylation sites (tertiary alicyclic amines) is 1. The van der Waals surface area contributed by atoms with Crippen LogP contribution in [0.5, 0.6) is 0 Å². The Morgan fingerprint density at radius 1 is 1.14 bits per heavy atom. The highest BCUT2D eigenvalue weighted by atomic mass is 35.5. The van der Waals surface area contributed by atoms with Crippen LogP contribution in [-0.4, -0.2) is 38.6 Å². The van der Waals surface area contributed by atoms with Crippen LogP contribution < -0.4 is 4.31 Å². The topological polar surface area (TPSA) is 57.7 Å². The minimum atomic E-state index is -3.48. The quantitative estimate of drug-likeness (QED) is 0.729. The van der Waals surface area contributed by atoms with Crippen molar-refractivity contribution in [3.05, 3.63) is 64.7 Å². The molecule has 1 saturated heterocycles. The van der Waals surface area contributed by atoms with Gasteiger partial charge in [0.05, 0.1) is 18.5 Å². The monoisotopic (exact) mass is 420 g/mol. The maximum atomic E-state index is 12.7. The van der Waals surface area contributed by atoms with Crippen LogP contribution in [0.1, 0.15) is 35.7 Å². The fourth-order valence-electron chi connectivity index (χ4n) is 3.34. The molecule has 3 rings (SSSR count). The van der Waals surface area contributed by atoms with E-state index < -0.39 is 10.0 Å². The number of sulfonamides is 1. The van der Waals surface area contributed by atoms with Crippen molar-refractivity contribution in [3.63, 3.8) is 0 Å².